The molecule has 0 saturated heterocycles. The highest BCUT2D eigenvalue weighted by Gasteiger charge is 2.13. The maximum absolute atomic E-state index is 10.7. The van der Waals surface area contributed by atoms with Crippen LogP contribution in [0.2, 0.25) is 0 Å². The lowest BCUT2D eigenvalue weighted by molar-refractivity contribution is 0.481. The van der Waals surface area contributed by atoms with Gasteiger partial charge in [0.05, 0.1) is 5.69 Å². The highest BCUT2D eigenvalue weighted by Crippen LogP contribution is 2.17. The zero-order valence-corrected chi connectivity index (χ0v) is 7.82. The van der Waals surface area contributed by atoms with Crippen molar-refractivity contribution in [3.63, 3.8) is 0 Å². The molecule has 0 aliphatic heterocycles. The smallest absolute Gasteiger partial charge is 0.359 e. The van der Waals surface area contributed by atoms with Gasteiger partial charge in [0.15, 0.2) is 0 Å². The van der Waals surface area contributed by atoms with Crippen LogP contribution in [0.15, 0.2) is 24.3 Å². The van der Waals surface area contributed by atoms with E-state index in [4.69, 9.17) is 10.3 Å². The number of benzene rings is 1. The molecule has 0 spiro atoms. The maximum Gasteiger partial charge on any atom is 0.359 e. The summed E-state index contributed by atoms with van der Waals surface area (Å²) in [5.41, 5.74) is 6.20. The summed E-state index contributed by atoms with van der Waals surface area (Å²) in [6, 6.07) is 6.21. The van der Waals surface area contributed by atoms with E-state index in [0.29, 0.717) is 11.4 Å². The van der Waals surface area contributed by atoms with Crippen molar-refractivity contribution in [2.24, 2.45) is 0 Å². The van der Waals surface area contributed by atoms with Gasteiger partial charge in [0.25, 0.3) is 0 Å². The molecule has 0 unspecified atom stereocenters. The molecule has 0 fully saturated rings. The van der Waals surface area contributed by atoms with Crippen molar-refractivity contribution in [1.82, 2.24) is 0 Å². The Morgan fingerprint density at radius 1 is 1.46 bits per heavy atom. The molecule has 0 atom stereocenters. The van der Waals surface area contributed by atoms with Gasteiger partial charge in [-0.15, -0.1) is 0 Å². The lowest BCUT2D eigenvalue weighted by atomic mass is 10.3. The molecule has 0 bridgehead atoms. The van der Waals surface area contributed by atoms with Gasteiger partial charge in [-0.25, -0.2) is 0 Å². The van der Waals surface area contributed by atoms with Crippen LogP contribution < -0.4 is 10.0 Å². The summed E-state index contributed by atoms with van der Waals surface area (Å²) in [7, 11) is -2.95. The fourth-order valence-corrected chi connectivity index (χ4v) is 1.23. The van der Waals surface area contributed by atoms with Crippen molar-refractivity contribution in [3.05, 3.63) is 24.3 Å². The van der Waals surface area contributed by atoms with Crippen LogP contribution in [0.25, 0.3) is 0 Å². The zero-order valence-electron chi connectivity index (χ0n) is 7.01. The molecule has 0 aromatic heterocycles. The van der Waals surface area contributed by atoms with Crippen LogP contribution >= 0.6 is 0 Å². The summed E-state index contributed by atoms with van der Waals surface area (Å²) in [6.07, 6.45) is 0. The monoisotopic (exact) mass is 202 g/mol. The molecule has 5 nitrogen and oxygen atoms in total. The Hall–Kier alpha value is -1.27. The van der Waals surface area contributed by atoms with Crippen molar-refractivity contribution in [2.75, 3.05) is 17.1 Å². The first-order valence-electron chi connectivity index (χ1n) is 3.48. The van der Waals surface area contributed by atoms with Crippen LogP contribution in [-0.2, 0) is 10.3 Å². The van der Waals surface area contributed by atoms with E-state index in [0.717, 1.165) is 4.31 Å². The van der Waals surface area contributed by atoms with Crippen molar-refractivity contribution < 1.29 is 13.0 Å². The minimum absolute atomic E-state index is 0.322. The van der Waals surface area contributed by atoms with Crippen LogP contribution in [0, 0.1) is 0 Å². The molecule has 0 heterocycles. The Balaban J connectivity index is 3.10. The second-order valence-electron chi connectivity index (χ2n) is 2.54. The third-order valence-corrected chi connectivity index (χ3v) is 2.48. The summed E-state index contributed by atoms with van der Waals surface area (Å²) >= 11 is 0. The molecule has 0 radical (unpaired) electrons. The maximum atomic E-state index is 10.7. The van der Waals surface area contributed by atoms with E-state index in [2.05, 4.69) is 0 Å². The highest BCUT2D eigenvalue weighted by molar-refractivity contribution is 7.87. The molecule has 6 heteroatoms. The van der Waals surface area contributed by atoms with Gasteiger partial charge in [0.2, 0.25) is 0 Å². The van der Waals surface area contributed by atoms with E-state index in [1.165, 1.54) is 19.2 Å². The summed E-state index contributed by atoms with van der Waals surface area (Å²) in [4.78, 5) is 0. The Morgan fingerprint density at radius 2 is 2.08 bits per heavy atom. The van der Waals surface area contributed by atoms with Gasteiger partial charge >= 0.3 is 10.3 Å². The van der Waals surface area contributed by atoms with E-state index in [9.17, 15) is 8.42 Å². The third-order valence-electron chi connectivity index (χ3n) is 1.58. The predicted octanol–water partition coefficient (Wildman–Crippen LogP) is 0.508. The molecule has 0 amide bonds. The fraction of sp³-hybridized carbons (Fsp3) is 0.143. The van der Waals surface area contributed by atoms with Crippen LogP contribution in [0.4, 0.5) is 11.4 Å². The fourth-order valence-electron chi connectivity index (χ4n) is 0.854. The second kappa shape index (κ2) is 3.23. The molecule has 13 heavy (non-hydrogen) atoms. The molecule has 1 aromatic carbocycles. The first-order chi connectivity index (χ1) is 5.91. The number of rotatable bonds is 2. The normalized spacial score (nSPS) is 11.2. The van der Waals surface area contributed by atoms with Gasteiger partial charge in [0, 0.05) is 12.7 Å². The van der Waals surface area contributed by atoms with Gasteiger partial charge in [0.1, 0.15) is 0 Å². The summed E-state index contributed by atoms with van der Waals surface area (Å²) in [6.45, 7) is 0. The highest BCUT2D eigenvalue weighted by atomic mass is 32.2. The largest absolute Gasteiger partial charge is 0.399 e. The molecule has 0 aliphatic carbocycles. The van der Waals surface area contributed by atoms with Crippen LogP contribution in [0.3, 0.4) is 0 Å². The van der Waals surface area contributed by atoms with Crippen molar-refractivity contribution in [2.45, 2.75) is 0 Å². The van der Waals surface area contributed by atoms with Gasteiger partial charge in [-0.3, -0.25) is 8.86 Å². The minimum atomic E-state index is -4.19. The Morgan fingerprint density at radius 3 is 2.54 bits per heavy atom. The average molecular weight is 202 g/mol. The quantitative estimate of drug-likeness (QED) is 0.540. The summed E-state index contributed by atoms with van der Waals surface area (Å²) in [5, 5.41) is 0. The Bertz CT molecular complexity index is 402. The topological polar surface area (TPSA) is 83.6 Å². The van der Waals surface area contributed by atoms with E-state index in [-0.39, 0.29) is 0 Å². The standard InChI is InChI=1S/C7H10N2O3S/c1-9(13(10,11)12)7-4-2-3-6(8)5-7/h2-5H,8H2,1H3,(H,10,11,12). The number of anilines is 2. The van der Waals surface area contributed by atoms with Gasteiger partial charge in [-0.2, -0.15) is 8.42 Å². The number of nitrogen functional groups attached to an aromatic ring is 1. The lowest BCUT2D eigenvalue weighted by Gasteiger charge is -2.14. The Kier molecular flexibility index (Phi) is 2.44. The third kappa shape index (κ3) is 2.33. The zero-order chi connectivity index (χ0) is 10.1. The molecular weight excluding hydrogens is 192 g/mol. The molecular formula is C7H10N2O3S. The second-order valence-corrected chi connectivity index (χ2v) is 3.98. The molecule has 1 aromatic rings. The van der Waals surface area contributed by atoms with Gasteiger partial charge < -0.3 is 5.73 Å². The van der Waals surface area contributed by atoms with Crippen molar-refractivity contribution in [1.29, 1.82) is 0 Å². The van der Waals surface area contributed by atoms with E-state index in [1.807, 2.05) is 0 Å². The molecule has 3 N–H and O–H groups in total. The molecule has 0 aliphatic rings. The summed E-state index contributed by atoms with van der Waals surface area (Å²) in [5.74, 6) is 0. The van der Waals surface area contributed by atoms with Crippen molar-refractivity contribution in [3.8, 4) is 0 Å². The van der Waals surface area contributed by atoms with E-state index in [1.54, 1.807) is 12.1 Å². The van der Waals surface area contributed by atoms with Crippen LogP contribution in [0.5, 0.6) is 0 Å². The number of nitrogens with zero attached hydrogens (tertiary/aromatic N) is 1. The first-order valence-corrected chi connectivity index (χ1v) is 4.88. The van der Waals surface area contributed by atoms with E-state index < -0.39 is 10.3 Å². The average Bonchev–Trinajstić information content (AvgIpc) is 2.01. The number of hydrogen-bond acceptors (Lipinski definition) is 3. The first kappa shape index (κ1) is 9.82. The summed E-state index contributed by atoms with van der Waals surface area (Å²) < 4.78 is 30.8. The molecule has 0 saturated carbocycles. The van der Waals surface area contributed by atoms with Gasteiger partial charge in [-0.05, 0) is 18.2 Å². The predicted molar refractivity (Wildman–Crippen MR) is 50.8 cm³/mol. The van der Waals surface area contributed by atoms with Crippen molar-refractivity contribution >= 4 is 21.7 Å². The van der Waals surface area contributed by atoms with Gasteiger partial charge in [-0.1, -0.05) is 6.07 Å². The lowest BCUT2D eigenvalue weighted by Crippen LogP contribution is -2.25. The van der Waals surface area contributed by atoms with Crippen LogP contribution in [0.1, 0.15) is 0 Å². The van der Waals surface area contributed by atoms with E-state index >= 15 is 0 Å². The van der Waals surface area contributed by atoms with Crippen LogP contribution in [-0.4, -0.2) is 20.0 Å². The molecule has 1 rings (SSSR count). The minimum Gasteiger partial charge on any atom is -0.399 e. The Labute approximate surface area is 76.7 Å². The SMILES string of the molecule is CN(c1cccc(N)c1)S(=O)(=O)O. The number of nitrogens with two attached hydrogens (primary N) is 1. The number of hydrogen-bond donors (Lipinski definition) is 2. The molecule has 72 valence electrons.